The van der Waals surface area contributed by atoms with Crippen LogP contribution in [0.5, 0.6) is 0 Å². The minimum atomic E-state index is -0.0768. The molecule has 0 aromatic rings. The minimum Gasteiger partial charge on any atom is -0.393 e. The largest absolute Gasteiger partial charge is 0.393 e. The van der Waals surface area contributed by atoms with Crippen LogP contribution in [0.4, 0.5) is 0 Å². The van der Waals surface area contributed by atoms with Gasteiger partial charge in [-0.15, -0.1) is 0 Å². The summed E-state index contributed by atoms with van der Waals surface area (Å²) in [6.45, 7) is 11.9. The van der Waals surface area contributed by atoms with Crippen molar-refractivity contribution in [2.75, 3.05) is 19.6 Å². The molecule has 158 valence electrons. The second-order valence-electron chi connectivity index (χ2n) is 11.9. The normalized spacial score (nSPS) is 49.9. The zero-order chi connectivity index (χ0) is 19.5. The van der Waals surface area contributed by atoms with Crippen molar-refractivity contribution < 1.29 is 5.11 Å². The molecule has 2 heteroatoms. The lowest BCUT2D eigenvalue weighted by atomic mass is 9.47. The summed E-state index contributed by atoms with van der Waals surface area (Å²) in [5, 5.41) is 10.2. The fraction of sp³-hybridized carbons (Fsp3) is 0.923. The van der Waals surface area contributed by atoms with Gasteiger partial charge in [0.15, 0.2) is 0 Å². The van der Waals surface area contributed by atoms with Crippen LogP contribution in [0.15, 0.2) is 11.6 Å². The van der Waals surface area contributed by atoms with E-state index in [-0.39, 0.29) is 6.10 Å². The Morgan fingerprint density at radius 3 is 2.64 bits per heavy atom. The molecule has 1 aliphatic heterocycles. The Morgan fingerprint density at radius 1 is 1.07 bits per heavy atom. The van der Waals surface area contributed by atoms with Crippen LogP contribution in [0.3, 0.4) is 0 Å². The molecule has 8 atom stereocenters. The van der Waals surface area contributed by atoms with Gasteiger partial charge in [0.25, 0.3) is 0 Å². The van der Waals surface area contributed by atoms with Gasteiger partial charge in [-0.3, -0.25) is 0 Å². The molecule has 28 heavy (non-hydrogen) atoms. The van der Waals surface area contributed by atoms with Crippen LogP contribution in [-0.4, -0.2) is 35.7 Å². The molecule has 4 aliphatic carbocycles. The Hall–Kier alpha value is -0.340. The predicted octanol–water partition coefficient (Wildman–Crippen LogP) is 5.66. The highest BCUT2D eigenvalue weighted by Gasteiger charge is 2.59. The van der Waals surface area contributed by atoms with E-state index in [9.17, 15) is 5.11 Å². The van der Waals surface area contributed by atoms with E-state index in [1.54, 1.807) is 5.57 Å². The number of rotatable bonds is 3. The molecule has 0 aromatic heterocycles. The monoisotopic (exact) mass is 385 g/mol. The maximum Gasteiger partial charge on any atom is 0.0577 e. The zero-order valence-electron chi connectivity index (χ0n) is 18.6. The lowest BCUT2D eigenvalue weighted by molar-refractivity contribution is -0.0581. The first-order valence-corrected chi connectivity index (χ1v) is 12.5. The van der Waals surface area contributed by atoms with Gasteiger partial charge in [-0.1, -0.05) is 32.4 Å². The highest BCUT2D eigenvalue weighted by atomic mass is 16.3. The molecular weight excluding hydrogens is 342 g/mol. The number of fused-ring (bicyclic) bond motifs is 5. The molecule has 1 saturated heterocycles. The van der Waals surface area contributed by atoms with Gasteiger partial charge < -0.3 is 10.0 Å². The van der Waals surface area contributed by atoms with Crippen LogP contribution < -0.4 is 0 Å². The number of allylic oxidation sites excluding steroid dienone is 1. The van der Waals surface area contributed by atoms with Gasteiger partial charge in [0, 0.05) is 6.54 Å². The average molecular weight is 386 g/mol. The SMILES string of the molecule is C[C@H](CN1CCCC1)[C@H]1CC[C@H]2[C@@H]3CC=C4CC(O)CC[C@]4(C)[C@H]3CC[C@]12C. The summed E-state index contributed by atoms with van der Waals surface area (Å²) in [4.78, 5) is 2.75. The van der Waals surface area contributed by atoms with Crippen molar-refractivity contribution in [3.05, 3.63) is 11.6 Å². The summed E-state index contributed by atoms with van der Waals surface area (Å²) in [5.74, 6) is 4.53. The van der Waals surface area contributed by atoms with Gasteiger partial charge in [-0.2, -0.15) is 0 Å². The van der Waals surface area contributed by atoms with E-state index >= 15 is 0 Å². The quantitative estimate of drug-likeness (QED) is 0.634. The van der Waals surface area contributed by atoms with Crippen LogP contribution in [0.1, 0.15) is 85.0 Å². The van der Waals surface area contributed by atoms with Crippen LogP contribution >= 0.6 is 0 Å². The number of hydrogen-bond acceptors (Lipinski definition) is 2. The first kappa shape index (κ1) is 19.6. The third kappa shape index (κ3) is 2.96. The molecule has 1 heterocycles. The van der Waals surface area contributed by atoms with Gasteiger partial charge in [0.2, 0.25) is 0 Å². The van der Waals surface area contributed by atoms with E-state index in [0.717, 1.165) is 42.4 Å². The Bertz CT molecular complexity index is 622. The summed E-state index contributed by atoms with van der Waals surface area (Å²) in [6.07, 6.45) is 15.7. The van der Waals surface area contributed by atoms with Crippen molar-refractivity contribution in [2.45, 2.75) is 91.1 Å². The molecule has 1 N–H and O–H groups in total. The molecule has 0 aromatic carbocycles. The number of hydrogen-bond donors (Lipinski definition) is 1. The maximum absolute atomic E-state index is 10.2. The predicted molar refractivity (Wildman–Crippen MR) is 116 cm³/mol. The van der Waals surface area contributed by atoms with Crippen molar-refractivity contribution >= 4 is 0 Å². The standard InChI is InChI=1S/C26H43NO/c1-18(17-27-14-4-5-15-27)22-8-9-23-21-7-6-19-16-20(28)10-12-25(19,2)24(21)11-13-26(22,23)3/h6,18,20-24,28H,4-5,7-17H2,1-3H3/t18-,20?,21+,22-,23+,24+,25+,26-/m1/s1. The topological polar surface area (TPSA) is 23.5 Å². The molecular formula is C26H43NO. The van der Waals surface area contributed by atoms with E-state index in [2.05, 4.69) is 31.7 Å². The first-order chi connectivity index (χ1) is 13.4. The Morgan fingerprint density at radius 2 is 1.86 bits per heavy atom. The average Bonchev–Trinajstić information content (AvgIpc) is 3.29. The van der Waals surface area contributed by atoms with Crippen molar-refractivity contribution in [1.82, 2.24) is 4.90 Å². The van der Waals surface area contributed by atoms with Gasteiger partial charge >= 0.3 is 0 Å². The highest BCUT2D eigenvalue weighted by Crippen LogP contribution is 2.67. The van der Waals surface area contributed by atoms with E-state index < -0.39 is 0 Å². The Balaban J connectivity index is 1.35. The van der Waals surface area contributed by atoms with E-state index in [1.807, 2.05) is 0 Å². The smallest absolute Gasteiger partial charge is 0.0577 e. The van der Waals surface area contributed by atoms with E-state index in [1.165, 1.54) is 71.0 Å². The fourth-order valence-electron chi connectivity index (χ4n) is 9.12. The second kappa shape index (κ2) is 7.12. The highest BCUT2D eigenvalue weighted by molar-refractivity contribution is 5.25. The number of aliphatic hydroxyl groups is 1. The van der Waals surface area contributed by atoms with E-state index in [0.29, 0.717) is 10.8 Å². The van der Waals surface area contributed by atoms with Crippen LogP contribution in [0, 0.1) is 40.4 Å². The fourth-order valence-corrected chi connectivity index (χ4v) is 9.12. The number of aliphatic hydroxyl groups excluding tert-OH is 1. The molecule has 2 nitrogen and oxygen atoms in total. The van der Waals surface area contributed by atoms with Crippen LogP contribution in [0.25, 0.3) is 0 Å². The molecule has 1 unspecified atom stereocenters. The summed E-state index contributed by atoms with van der Waals surface area (Å²) in [5.41, 5.74) is 2.59. The lowest BCUT2D eigenvalue weighted by Crippen LogP contribution is -2.51. The summed E-state index contributed by atoms with van der Waals surface area (Å²) in [7, 11) is 0. The van der Waals surface area contributed by atoms with Crippen molar-refractivity contribution in [1.29, 1.82) is 0 Å². The summed E-state index contributed by atoms with van der Waals surface area (Å²) in [6, 6.07) is 0. The first-order valence-electron chi connectivity index (χ1n) is 12.5. The van der Waals surface area contributed by atoms with Crippen molar-refractivity contribution in [3.8, 4) is 0 Å². The summed E-state index contributed by atoms with van der Waals surface area (Å²) < 4.78 is 0. The van der Waals surface area contributed by atoms with Crippen LogP contribution in [0.2, 0.25) is 0 Å². The molecule has 0 amide bonds. The maximum atomic E-state index is 10.2. The molecule has 0 bridgehead atoms. The van der Waals surface area contributed by atoms with Crippen molar-refractivity contribution in [3.63, 3.8) is 0 Å². The summed E-state index contributed by atoms with van der Waals surface area (Å²) >= 11 is 0. The number of likely N-dealkylation sites (tertiary alicyclic amines) is 1. The third-order valence-electron chi connectivity index (χ3n) is 10.6. The molecule has 0 spiro atoms. The lowest BCUT2D eigenvalue weighted by Gasteiger charge is -2.58. The second-order valence-corrected chi connectivity index (χ2v) is 11.9. The van der Waals surface area contributed by atoms with Crippen LogP contribution in [-0.2, 0) is 0 Å². The van der Waals surface area contributed by atoms with Gasteiger partial charge in [-0.05, 0) is 118 Å². The van der Waals surface area contributed by atoms with Crippen molar-refractivity contribution in [2.24, 2.45) is 40.4 Å². The molecule has 5 rings (SSSR count). The molecule has 4 fully saturated rings. The Kier molecular flexibility index (Phi) is 4.99. The van der Waals surface area contributed by atoms with Gasteiger partial charge in [0.05, 0.1) is 6.10 Å². The minimum absolute atomic E-state index is 0.0768. The van der Waals surface area contributed by atoms with Gasteiger partial charge in [0.1, 0.15) is 0 Å². The van der Waals surface area contributed by atoms with E-state index in [4.69, 9.17) is 0 Å². The number of nitrogens with zero attached hydrogens (tertiary/aromatic N) is 1. The van der Waals surface area contributed by atoms with Gasteiger partial charge in [-0.25, -0.2) is 0 Å². The Labute approximate surface area is 173 Å². The zero-order valence-corrected chi connectivity index (χ0v) is 18.6. The molecule has 3 saturated carbocycles. The third-order valence-corrected chi connectivity index (χ3v) is 10.6. The molecule has 0 radical (unpaired) electrons. The molecule has 5 aliphatic rings.